The number of aliphatic hydroxyl groups is 1. The number of aryl methyl sites for hydroxylation is 2. The predicted octanol–water partition coefficient (Wildman–Crippen LogP) is 2.98. The summed E-state index contributed by atoms with van der Waals surface area (Å²) in [5.41, 5.74) is 3.60. The molecule has 0 saturated heterocycles. The molecule has 0 saturated carbocycles. The quantitative estimate of drug-likeness (QED) is 0.864. The summed E-state index contributed by atoms with van der Waals surface area (Å²) in [7, 11) is 0. The van der Waals surface area contributed by atoms with E-state index in [-0.39, 0.29) is 6.10 Å². The first-order chi connectivity index (χ1) is 8.25. The van der Waals surface area contributed by atoms with Gasteiger partial charge in [0, 0.05) is 0 Å². The highest BCUT2D eigenvalue weighted by atomic mass is 16.5. The van der Waals surface area contributed by atoms with Crippen molar-refractivity contribution >= 4 is 0 Å². The highest BCUT2D eigenvalue weighted by Gasteiger charge is 2.14. The average molecular weight is 232 g/mol. The Bertz CT molecular complexity index is 378. The predicted molar refractivity (Wildman–Crippen MR) is 68.8 cm³/mol. The molecule has 0 aliphatic carbocycles. The molecule has 1 heterocycles. The van der Waals surface area contributed by atoms with E-state index in [4.69, 9.17) is 4.74 Å². The van der Waals surface area contributed by atoms with Gasteiger partial charge >= 0.3 is 0 Å². The van der Waals surface area contributed by atoms with E-state index in [0.29, 0.717) is 0 Å². The van der Waals surface area contributed by atoms with Gasteiger partial charge in [-0.15, -0.1) is 0 Å². The molecule has 0 bridgehead atoms. The summed E-state index contributed by atoms with van der Waals surface area (Å²) in [6.45, 7) is 2.87. The van der Waals surface area contributed by atoms with Gasteiger partial charge in [-0.3, -0.25) is 0 Å². The van der Waals surface area contributed by atoms with Crippen LogP contribution in [-0.2, 0) is 11.2 Å². The zero-order valence-corrected chi connectivity index (χ0v) is 10.4. The number of benzene rings is 1. The van der Waals surface area contributed by atoms with Crippen LogP contribution in [0.15, 0.2) is 36.1 Å². The molecule has 0 amide bonds. The first-order valence-corrected chi connectivity index (χ1v) is 6.30. The molecule has 92 valence electrons. The maximum Gasteiger partial charge on any atom is 0.0876 e. The molecule has 2 rings (SSSR count). The molecule has 0 spiro atoms. The maximum atomic E-state index is 10.0. The molecule has 0 aromatic heterocycles. The summed E-state index contributed by atoms with van der Waals surface area (Å²) >= 11 is 0. The number of aliphatic hydroxyl groups excluding tert-OH is 1. The number of hydrogen-bond donors (Lipinski definition) is 1. The number of hydrogen-bond acceptors (Lipinski definition) is 2. The second-order valence-corrected chi connectivity index (χ2v) is 4.71. The standard InChI is InChI=1S/C15H20O2/c1-12-4-6-13(7-5-12)8-9-15(16)14-3-2-10-17-11-14/h4-7,11,15-16H,2-3,8-10H2,1H3. The summed E-state index contributed by atoms with van der Waals surface area (Å²) in [6, 6.07) is 8.50. The van der Waals surface area contributed by atoms with Crippen LogP contribution in [0.25, 0.3) is 0 Å². The lowest BCUT2D eigenvalue weighted by Gasteiger charge is -2.18. The second-order valence-electron chi connectivity index (χ2n) is 4.71. The average Bonchev–Trinajstić information content (AvgIpc) is 2.39. The van der Waals surface area contributed by atoms with Gasteiger partial charge in [0.15, 0.2) is 0 Å². The van der Waals surface area contributed by atoms with Crippen molar-refractivity contribution in [3.05, 3.63) is 47.2 Å². The van der Waals surface area contributed by atoms with E-state index in [2.05, 4.69) is 31.2 Å². The van der Waals surface area contributed by atoms with Crippen molar-refractivity contribution in [1.29, 1.82) is 0 Å². The van der Waals surface area contributed by atoms with Crippen molar-refractivity contribution in [2.45, 2.75) is 38.7 Å². The molecule has 1 aromatic carbocycles. The lowest BCUT2D eigenvalue weighted by atomic mass is 9.98. The van der Waals surface area contributed by atoms with Gasteiger partial charge in [0.2, 0.25) is 0 Å². The van der Waals surface area contributed by atoms with Crippen molar-refractivity contribution in [3.63, 3.8) is 0 Å². The fourth-order valence-electron chi connectivity index (χ4n) is 2.07. The topological polar surface area (TPSA) is 29.5 Å². The third kappa shape index (κ3) is 3.60. The van der Waals surface area contributed by atoms with Gasteiger partial charge in [0.25, 0.3) is 0 Å². The van der Waals surface area contributed by atoms with Gasteiger partial charge < -0.3 is 9.84 Å². The highest BCUT2D eigenvalue weighted by Crippen LogP contribution is 2.19. The molecule has 1 aliphatic rings. The fraction of sp³-hybridized carbons (Fsp3) is 0.467. The molecule has 2 heteroatoms. The van der Waals surface area contributed by atoms with Crippen LogP contribution in [-0.4, -0.2) is 17.8 Å². The largest absolute Gasteiger partial charge is 0.501 e. The second kappa shape index (κ2) is 5.87. The van der Waals surface area contributed by atoms with E-state index in [1.165, 1.54) is 11.1 Å². The molecule has 1 aromatic rings. The van der Waals surface area contributed by atoms with Crippen LogP contribution in [0.2, 0.25) is 0 Å². The van der Waals surface area contributed by atoms with Crippen LogP contribution in [0.5, 0.6) is 0 Å². The fourth-order valence-corrected chi connectivity index (χ4v) is 2.07. The summed E-state index contributed by atoms with van der Waals surface area (Å²) < 4.78 is 5.25. The van der Waals surface area contributed by atoms with E-state index >= 15 is 0 Å². The Hall–Kier alpha value is -1.28. The zero-order valence-electron chi connectivity index (χ0n) is 10.4. The first-order valence-electron chi connectivity index (χ1n) is 6.30. The van der Waals surface area contributed by atoms with Crippen LogP contribution < -0.4 is 0 Å². The molecule has 0 fully saturated rings. The number of rotatable bonds is 4. The van der Waals surface area contributed by atoms with E-state index in [1.54, 1.807) is 6.26 Å². The summed E-state index contributed by atoms with van der Waals surface area (Å²) in [6.07, 6.45) is 5.07. The Morgan fingerprint density at radius 3 is 2.71 bits per heavy atom. The smallest absolute Gasteiger partial charge is 0.0876 e. The van der Waals surface area contributed by atoms with Crippen molar-refractivity contribution in [1.82, 2.24) is 0 Å². The van der Waals surface area contributed by atoms with E-state index < -0.39 is 0 Å². The van der Waals surface area contributed by atoms with E-state index in [1.807, 2.05) is 0 Å². The zero-order chi connectivity index (χ0) is 12.1. The summed E-state index contributed by atoms with van der Waals surface area (Å²) in [5, 5.41) is 10.0. The minimum atomic E-state index is -0.350. The van der Waals surface area contributed by atoms with Gasteiger partial charge in [0.1, 0.15) is 0 Å². The molecule has 17 heavy (non-hydrogen) atoms. The lowest BCUT2D eigenvalue weighted by molar-refractivity contribution is 0.162. The molecule has 1 N–H and O–H groups in total. The van der Waals surface area contributed by atoms with Gasteiger partial charge in [-0.2, -0.15) is 0 Å². The van der Waals surface area contributed by atoms with Crippen LogP contribution in [0.4, 0.5) is 0 Å². The van der Waals surface area contributed by atoms with Gasteiger partial charge in [0.05, 0.1) is 19.0 Å². The molecular weight excluding hydrogens is 212 g/mol. The molecule has 1 unspecified atom stereocenters. The minimum Gasteiger partial charge on any atom is -0.501 e. The lowest BCUT2D eigenvalue weighted by Crippen LogP contribution is -2.15. The Kier molecular flexibility index (Phi) is 4.21. The van der Waals surface area contributed by atoms with E-state index in [0.717, 1.165) is 37.9 Å². The summed E-state index contributed by atoms with van der Waals surface area (Å²) in [4.78, 5) is 0. The third-order valence-corrected chi connectivity index (χ3v) is 3.22. The van der Waals surface area contributed by atoms with Crippen molar-refractivity contribution < 1.29 is 9.84 Å². The van der Waals surface area contributed by atoms with Crippen LogP contribution in [0.1, 0.15) is 30.4 Å². The maximum absolute atomic E-state index is 10.0. The third-order valence-electron chi connectivity index (χ3n) is 3.22. The molecule has 1 atom stereocenters. The Morgan fingerprint density at radius 2 is 2.06 bits per heavy atom. The molecule has 1 aliphatic heterocycles. The first kappa shape index (κ1) is 12.2. The van der Waals surface area contributed by atoms with Crippen LogP contribution in [0.3, 0.4) is 0 Å². The summed E-state index contributed by atoms with van der Waals surface area (Å²) in [5.74, 6) is 0. The normalized spacial score (nSPS) is 17.2. The van der Waals surface area contributed by atoms with Crippen molar-refractivity contribution in [2.24, 2.45) is 0 Å². The van der Waals surface area contributed by atoms with Gasteiger partial charge in [-0.05, 0) is 43.7 Å². The minimum absolute atomic E-state index is 0.350. The molecule has 0 radical (unpaired) electrons. The van der Waals surface area contributed by atoms with E-state index in [9.17, 15) is 5.11 Å². The van der Waals surface area contributed by atoms with Gasteiger partial charge in [-0.25, -0.2) is 0 Å². The monoisotopic (exact) mass is 232 g/mol. The Balaban J connectivity index is 1.85. The van der Waals surface area contributed by atoms with Gasteiger partial charge in [-0.1, -0.05) is 29.8 Å². The molecular formula is C15H20O2. The van der Waals surface area contributed by atoms with Crippen molar-refractivity contribution in [3.8, 4) is 0 Å². The SMILES string of the molecule is Cc1ccc(CCC(O)C2=COCCC2)cc1. The van der Waals surface area contributed by atoms with Crippen molar-refractivity contribution in [2.75, 3.05) is 6.61 Å². The van der Waals surface area contributed by atoms with Crippen LogP contribution >= 0.6 is 0 Å². The Labute approximate surface area is 103 Å². The molecule has 2 nitrogen and oxygen atoms in total. The Morgan fingerprint density at radius 1 is 1.29 bits per heavy atom. The number of ether oxygens (including phenoxy) is 1. The highest BCUT2D eigenvalue weighted by molar-refractivity contribution is 5.21. The van der Waals surface area contributed by atoms with Crippen LogP contribution in [0, 0.1) is 6.92 Å².